The van der Waals surface area contributed by atoms with Gasteiger partial charge in [-0.3, -0.25) is 0 Å². The predicted octanol–water partition coefficient (Wildman–Crippen LogP) is 4.30. The van der Waals surface area contributed by atoms with Crippen molar-refractivity contribution in [1.82, 2.24) is 0 Å². The highest BCUT2D eigenvalue weighted by Crippen LogP contribution is 2.53. The summed E-state index contributed by atoms with van der Waals surface area (Å²) < 4.78 is 0. The Hall–Kier alpha value is -0.560. The zero-order valence-electron chi connectivity index (χ0n) is 12.3. The first kappa shape index (κ1) is 14.5. The van der Waals surface area contributed by atoms with Gasteiger partial charge in [0.1, 0.15) is 0 Å². The lowest BCUT2D eigenvalue weighted by Gasteiger charge is -2.38. The van der Waals surface area contributed by atoms with Crippen molar-refractivity contribution >= 4 is 0 Å². The lowest BCUT2D eigenvalue weighted by atomic mass is 9.66. The maximum Gasteiger partial charge on any atom is 0.0158 e. The van der Waals surface area contributed by atoms with Crippen molar-refractivity contribution in [2.75, 3.05) is 0 Å². The van der Waals surface area contributed by atoms with Crippen molar-refractivity contribution in [1.29, 1.82) is 0 Å². The van der Waals surface area contributed by atoms with Gasteiger partial charge >= 0.3 is 0 Å². The van der Waals surface area contributed by atoms with Crippen molar-refractivity contribution in [3.05, 3.63) is 24.3 Å². The van der Waals surface area contributed by atoms with Crippen molar-refractivity contribution < 1.29 is 0 Å². The van der Waals surface area contributed by atoms with E-state index in [1.807, 2.05) is 0 Å². The molecule has 0 aromatic heterocycles. The van der Waals surface area contributed by atoms with Gasteiger partial charge in [-0.05, 0) is 50.4 Å². The van der Waals surface area contributed by atoms with E-state index in [4.69, 9.17) is 5.73 Å². The van der Waals surface area contributed by atoms with Crippen LogP contribution in [0.15, 0.2) is 24.3 Å². The van der Waals surface area contributed by atoms with Crippen LogP contribution in [0.2, 0.25) is 0 Å². The summed E-state index contributed by atoms with van der Waals surface area (Å²) in [5.74, 6) is 1.14. The van der Waals surface area contributed by atoms with E-state index in [-0.39, 0.29) is 11.0 Å². The highest BCUT2D eigenvalue weighted by atomic mass is 14.8. The average molecular weight is 235 g/mol. The van der Waals surface area contributed by atoms with Gasteiger partial charge in [-0.15, -0.1) is 0 Å². The lowest BCUT2D eigenvalue weighted by molar-refractivity contribution is 0.246. The third-order valence-corrected chi connectivity index (χ3v) is 5.13. The molecule has 0 bridgehead atoms. The Morgan fingerprint density at radius 1 is 1.53 bits per heavy atom. The summed E-state index contributed by atoms with van der Waals surface area (Å²) >= 11 is 0. The molecule has 0 aromatic carbocycles. The Balaban J connectivity index is 2.83. The molecule has 1 fully saturated rings. The van der Waals surface area contributed by atoms with Gasteiger partial charge in [-0.2, -0.15) is 0 Å². The minimum atomic E-state index is 0.0595. The van der Waals surface area contributed by atoms with Crippen LogP contribution in [0, 0.1) is 17.3 Å². The van der Waals surface area contributed by atoms with Gasteiger partial charge in [0.15, 0.2) is 0 Å². The Labute approximate surface area is 107 Å². The SMILES string of the molecule is C=C(CC)[C@@H](C)C(C)(CC1CC1(C)N)C(=C)C. The first-order valence-corrected chi connectivity index (χ1v) is 6.77. The van der Waals surface area contributed by atoms with Crippen molar-refractivity contribution in [2.45, 2.75) is 59.4 Å². The van der Waals surface area contributed by atoms with Crippen LogP contribution in [0.1, 0.15) is 53.9 Å². The summed E-state index contributed by atoms with van der Waals surface area (Å²) in [4.78, 5) is 0. The molecule has 3 unspecified atom stereocenters. The van der Waals surface area contributed by atoms with Crippen LogP contribution in [0.4, 0.5) is 0 Å². The molecule has 1 aliphatic rings. The minimum Gasteiger partial charge on any atom is -0.325 e. The van der Waals surface area contributed by atoms with E-state index in [1.54, 1.807) is 0 Å². The summed E-state index contributed by atoms with van der Waals surface area (Å²) in [5.41, 5.74) is 8.98. The molecule has 2 N–H and O–H groups in total. The van der Waals surface area contributed by atoms with Gasteiger partial charge in [-0.1, -0.05) is 45.1 Å². The monoisotopic (exact) mass is 235 g/mol. The summed E-state index contributed by atoms with van der Waals surface area (Å²) in [5, 5.41) is 0. The van der Waals surface area contributed by atoms with Crippen LogP contribution >= 0.6 is 0 Å². The normalized spacial score (nSPS) is 32.7. The Kier molecular flexibility index (Phi) is 3.93. The second-order valence-corrected chi connectivity index (χ2v) is 6.54. The molecule has 17 heavy (non-hydrogen) atoms. The Morgan fingerprint density at radius 2 is 2.00 bits per heavy atom. The van der Waals surface area contributed by atoms with Gasteiger partial charge in [0.25, 0.3) is 0 Å². The van der Waals surface area contributed by atoms with Crippen LogP contribution in [-0.2, 0) is 0 Å². The zero-order valence-corrected chi connectivity index (χ0v) is 12.3. The molecule has 0 heterocycles. The fourth-order valence-corrected chi connectivity index (χ4v) is 2.77. The van der Waals surface area contributed by atoms with Crippen molar-refractivity contribution in [3.8, 4) is 0 Å². The highest BCUT2D eigenvalue weighted by Gasteiger charge is 2.50. The minimum absolute atomic E-state index is 0.0595. The summed E-state index contributed by atoms with van der Waals surface area (Å²) in [6.07, 6.45) is 3.35. The van der Waals surface area contributed by atoms with Crippen LogP contribution in [0.3, 0.4) is 0 Å². The maximum absolute atomic E-state index is 6.17. The molecular formula is C16H29N. The molecule has 0 radical (unpaired) electrons. The van der Waals surface area contributed by atoms with E-state index in [2.05, 4.69) is 47.8 Å². The average Bonchev–Trinajstić information content (AvgIpc) is 2.82. The Bertz CT molecular complexity index is 326. The molecule has 0 saturated heterocycles. The fourth-order valence-electron chi connectivity index (χ4n) is 2.77. The number of allylic oxidation sites excluding steroid dienone is 2. The second-order valence-electron chi connectivity index (χ2n) is 6.54. The van der Waals surface area contributed by atoms with Crippen LogP contribution in [-0.4, -0.2) is 5.54 Å². The Morgan fingerprint density at radius 3 is 2.29 bits per heavy atom. The predicted molar refractivity (Wildman–Crippen MR) is 76.8 cm³/mol. The fraction of sp³-hybridized carbons (Fsp3) is 0.750. The lowest BCUT2D eigenvalue weighted by Crippen LogP contribution is -2.31. The molecule has 0 spiro atoms. The first-order valence-electron chi connectivity index (χ1n) is 6.77. The van der Waals surface area contributed by atoms with Gasteiger partial charge in [0.05, 0.1) is 0 Å². The molecule has 1 heteroatoms. The molecule has 98 valence electrons. The third kappa shape index (κ3) is 2.82. The van der Waals surface area contributed by atoms with E-state index in [9.17, 15) is 0 Å². The highest BCUT2D eigenvalue weighted by molar-refractivity contribution is 5.19. The van der Waals surface area contributed by atoms with Gasteiger partial charge in [-0.25, -0.2) is 0 Å². The maximum atomic E-state index is 6.17. The van der Waals surface area contributed by atoms with Gasteiger partial charge in [0.2, 0.25) is 0 Å². The smallest absolute Gasteiger partial charge is 0.0158 e. The molecule has 0 amide bonds. The van der Waals surface area contributed by atoms with Crippen LogP contribution < -0.4 is 5.73 Å². The molecule has 0 aliphatic heterocycles. The van der Waals surface area contributed by atoms with Gasteiger partial charge in [0, 0.05) is 5.54 Å². The van der Waals surface area contributed by atoms with E-state index in [1.165, 1.54) is 11.1 Å². The number of hydrogen-bond acceptors (Lipinski definition) is 1. The third-order valence-electron chi connectivity index (χ3n) is 5.13. The largest absolute Gasteiger partial charge is 0.325 e. The van der Waals surface area contributed by atoms with E-state index in [0.717, 1.165) is 19.3 Å². The van der Waals surface area contributed by atoms with E-state index < -0.39 is 0 Å². The molecule has 1 rings (SSSR count). The zero-order chi connectivity index (χ0) is 13.4. The van der Waals surface area contributed by atoms with Crippen molar-refractivity contribution in [3.63, 3.8) is 0 Å². The number of rotatable bonds is 6. The molecule has 1 aliphatic carbocycles. The number of hydrogen-bond donors (Lipinski definition) is 1. The van der Waals surface area contributed by atoms with Gasteiger partial charge < -0.3 is 5.73 Å². The molecule has 4 atom stereocenters. The summed E-state index contributed by atoms with van der Waals surface area (Å²) in [6.45, 7) is 19.5. The van der Waals surface area contributed by atoms with E-state index in [0.29, 0.717) is 11.8 Å². The first-order chi connectivity index (χ1) is 7.65. The molecular weight excluding hydrogens is 206 g/mol. The topological polar surface area (TPSA) is 26.0 Å². The molecule has 1 saturated carbocycles. The molecule has 1 nitrogen and oxygen atoms in total. The van der Waals surface area contributed by atoms with Crippen molar-refractivity contribution in [2.24, 2.45) is 23.0 Å². The van der Waals surface area contributed by atoms with Crippen LogP contribution in [0.5, 0.6) is 0 Å². The van der Waals surface area contributed by atoms with E-state index >= 15 is 0 Å². The number of nitrogens with two attached hydrogens (primary N) is 1. The summed E-state index contributed by atoms with van der Waals surface area (Å²) in [7, 11) is 0. The molecule has 0 aromatic rings. The standard InChI is InChI=1S/C16H29N/c1-8-12(4)13(5)15(6,11(2)3)9-14-10-16(14,7)17/h13-14H,2,4,8-10,17H2,1,3,5-7H3/t13-,14?,15?,16?/m1/s1. The van der Waals surface area contributed by atoms with Crippen LogP contribution in [0.25, 0.3) is 0 Å². The second kappa shape index (κ2) is 4.61. The quantitative estimate of drug-likeness (QED) is 0.683. The summed E-state index contributed by atoms with van der Waals surface area (Å²) in [6, 6.07) is 0.